The maximum absolute atomic E-state index is 12.6. The molecule has 2 N–H and O–H groups in total. The molecule has 0 saturated heterocycles. The molecule has 1 saturated carbocycles. The van der Waals surface area contributed by atoms with Crippen LogP contribution >= 0.6 is 0 Å². The van der Waals surface area contributed by atoms with Crippen LogP contribution in [0, 0.1) is 0 Å². The minimum absolute atomic E-state index is 0.175. The fourth-order valence-electron chi connectivity index (χ4n) is 2.99. The number of carbonyl (C=O) groups is 1. The topological polar surface area (TPSA) is 50.4 Å². The van der Waals surface area contributed by atoms with Crippen LogP contribution in [0.1, 0.15) is 44.7 Å². The number of carbonyl (C=O) groups excluding carboxylic acids is 1. The van der Waals surface area contributed by atoms with Crippen molar-refractivity contribution >= 4 is 11.6 Å². The highest BCUT2D eigenvalue weighted by molar-refractivity contribution is 5.96. The van der Waals surface area contributed by atoms with Crippen LogP contribution in [0.3, 0.4) is 0 Å². The third-order valence-corrected chi connectivity index (χ3v) is 4.69. The van der Waals surface area contributed by atoms with E-state index in [0.717, 1.165) is 41.8 Å². The summed E-state index contributed by atoms with van der Waals surface area (Å²) in [6.45, 7) is 10.00. The zero-order valence-electron chi connectivity index (χ0n) is 16.8. The van der Waals surface area contributed by atoms with Gasteiger partial charge in [0.15, 0.2) is 0 Å². The summed E-state index contributed by atoms with van der Waals surface area (Å²) >= 11 is 0. The predicted octanol–water partition coefficient (Wildman–Crippen LogP) is 5.01. The summed E-state index contributed by atoms with van der Waals surface area (Å²) in [6.07, 6.45) is 2.76. The SMILES string of the molecule is C=C(Nc1cc(OC)ccc1CC)C(=O)NC1(c2ccccc2)CC1.CC. The quantitative estimate of drug-likeness (QED) is 0.677. The van der Waals surface area contributed by atoms with Crippen molar-refractivity contribution in [1.82, 2.24) is 5.32 Å². The molecule has 0 bridgehead atoms. The second-order valence-corrected chi connectivity index (χ2v) is 6.38. The van der Waals surface area contributed by atoms with E-state index in [2.05, 4.69) is 36.3 Å². The van der Waals surface area contributed by atoms with Crippen LogP contribution in [-0.4, -0.2) is 13.0 Å². The molecule has 1 aliphatic rings. The average molecular weight is 367 g/mol. The monoisotopic (exact) mass is 366 g/mol. The summed E-state index contributed by atoms with van der Waals surface area (Å²) in [7, 11) is 1.63. The van der Waals surface area contributed by atoms with E-state index in [4.69, 9.17) is 4.74 Å². The fourth-order valence-corrected chi connectivity index (χ4v) is 2.99. The Kier molecular flexibility index (Phi) is 7.05. The van der Waals surface area contributed by atoms with Crippen LogP contribution < -0.4 is 15.4 Å². The van der Waals surface area contributed by atoms with Gasteiger partial charge in [0.2, 0.25) is 0 Å². The molecule has 2 aromatic rings. The van der Waals surface area contributed by atoms with Crippen molar-refractivity contribution in [2.45, 2.75) is 45.6 Å². The molecule has 0 aliphatic heterocycles. The van der Waals surface area contributed by atoms with Gasteiger partial charge < -0.3 is 15.4 Å². The van der Waals surface area contributed by atoms with Gasteiger partial charge in [-0.1, -0.05) is 63.7 Å². The molecule has 4 heteroatoms. The van der Waals surface area contributed by atoms with Crippen LogP contribution in [0.5, 0.6) is 5.75 Å². The van der Waals surface area contributed by atoms with Crippen molar-refractivity contribution in [3.8, 4) is 5.75 Å². The lowest BCUT2D eigenvalue weighted by Crippen LogP contribution is -2.37. The lowest BCUT2D eigenvalue weighted by atomic mass is 10.0. The van der Waals surface area contributed by atoms with Crippen molar-refractivity contribution in [2.24, 2.45) is 0 Å². The largest absolute Gasteiger partial charge is 0.497 e. The molecule has 1 amide bonds. The van der Waals surface area contributed by atoms with Crippen molar-refractivity contribution in [3.05, 3.63) is 71.9 Å². The van der Waals surface area contributed by atoms with E-state index in [-0.39, 0.29) is 11.4 Å². The van der Waals surface area contributed by atoms with Crippen LogP contribution in [0.4, 0.5) is 5.69 Å². The highest BCUT2D eigenvalue weighted by atomic mass is 16.5. The molecule has 144 valence electrons. The maximum atomic E-state index is 12.6. The van der Waals surface area contributed by atoms with Crippen molar-refractivity contribution in [2.75, 3.05) is 12.4 Å². The third kappa shape index (κ3) is 4.91. The van der Waals surface area contributed by atoms with E-state index in [1.54, 1.807) is 7.11 Å². The first kappa shape index (κ1) is 20.6. The number of aryl methyl sites for hydroxylation is 1. The number of nitrogens with one attached hydrogen (secondary N) is 2. The molecular formula is C23H30N2O2. The molecule has 27 heavy (non-hydrogen) atoms. The number of ether oxygens (including phenoxy) is 1. The van der Waals surface area contributed by atoms with Crippen LogP contribution in [0.25, 0.3) is 0 Å². The van der Waals surface area contributed by atoms with Gasteiger partial charge in [0.25, 0.3) is 5.91 Å². The molecule has 0 unspecified atom stereocenters. The first-order valence-corrected chi connectivity index (χ1v) is 9.59. The Labute approximate surface area is 162 Å². The summed E-state index contributed by atoms with van der Waals surface area (Å²) in [6, 6.07) is 15.9. The zero-order chi connectivity index (χ0) is 19.9. The number of amides is 1. The number of benzene rings is 2. The lowest BCUT2D eigenvalue weighted by molar-refractivity contribution is -0.118. The van der Waals surface area contributed by atoms with E-state index in [9.17, 15) is 4.79 Å². The van der Waals surface area contributed by atoms with E-state index in [0.29, 0.717) is 5.70 Å². The molecule has 0 heterocycles. The summed E-state index contributed by atoms with van der Waals surface area (Å²) in [4.78, 5) is 12.6. The number of methoxy groups -OCH3 is 1. The molecule has 1 aliphatic carbocycles. The predicted molar refractivity (Wildman–Crippen MR) is 112 cm³/mol. The van der Waals surface area contributed by atoms with Gasteiger partial charge in [-0.3, -0.25) is 4.79 Å². The van der Waals surface area contributed by atoms with Gasteiger partial charge in [-0.2, -0.15) is 0 Å². The molecule has 1 fully saturated rings. The second-order valence-electron chi connectivity index (χ2n) is 6.38. The van der Waals surface area contributed by atoms with Crippen molar-refractivity contribution in [1.29, 1.82) is 0 Å². The van der Waals surface area contributed by atoms with Gasteiger partial charge in [-0.15, -0.1) is 0 Å². The number of rotatable bonds is 7. The summed E-state index contributed by atoms with van der Waals surface area (Å²) < 4.78 is 5.27. The smallest absolute Gasteiger partial charge is 0.267 e. The van der Waals surface area contributed by atoms with Gasteiger partial charge in [0.05, 0.1) is 18.3 Å². The standard InChI is InChI=1S/C21H24N2O2.C2H6/c1-4-16-10-11-18(25-3)14-19(16)22-15(2)20(24)23-21(12-13-21)17-8-6-5-7-9-17;1-2/h5-11,14,22H,2,4,12-13H2,1,3H3,(H,23,24);1-2H3. The lowest BCUT2D eigenvalue weighted by Gasteiger charge is -2.20. The third-order valence-electron chi connectivity index (χ3n) is 4.69. The zero-order valence-corrected chi connectivity index (χ0v) is 16.8. The van der Waals surface area contributed by atoms with E-state index in [1.165, 1.54) is 0 Å². The Morgan fingerprint density at radius 1 is 1.15 bits per heavy atom. The molecule has 0 spiro atoms. The van der Waals surface area contributed by atoms with Crippen LogP contribution in [0.2, 0.25) is 0 Å². The Morgan fingerprint density at radius 3 is 2.37 bits per heavy atom. The number of anilines is 1. The summed E-state index contributed by atoms with van der Waals surface area (Å²) in [5.41, 5.74) is 3.20. The molecule has 3 rings (SSSR count). The average Bonchev–Trinajstić information content (AvgIpc) is 3.50. The first-order chi connectivity index (χ1) is 13.1. The van der Waals surface area contributed by atoms with Gasteiger partial charge in [0.1, 0.15) is 5.75 Å². The Bertz CT molecular complexity index is 780. The molecule has 0 aromatic heterocycles. The van der Waals surface area contributed by atoms with E-state index >= 15 is 0 Å². The molecule has 0 radical (unpaired) electrons. The van der Waals surface area contributed by atoms with Gasteiger partial charge >= 0.3 is 0 Å². The normalized spacial score (nSPS) is 13.6. The Morgan fingerprint density at radius 2 is 1.81 bits per heavy atom. The first-order valence-electron chi connectivity index (χ1n) is 9.59. The van der Waals surface area contributed by atoms with Crippen LogP contribution in [0.15, 0.2) is 60.8 Å². The van der Waals surface area contributed by atoms with E-state index < -0.39 is 0 Å². The number of hydrogen-bond donors (Lipinski definition) is 2. The fraction of sp³-hybridized carbons (Fsp3) is 0.348. The van der Waals surface area contributed by atoms with Crippen molar-refractivity contribution < 1.29 is 9.53 Å². The number of hydrogen-bond acceptors (Lipinski definition) is 3. The Hall–Kier alpha value is -2.75. The highest BCUT2D eigenvalue weighted by Gasteiger charge is 2.45. The highest BCUT2D eigenvalue weighted by Crippen LogP contribution is 2.45. The van der Waals surface area contributed by atoms with Crippen molar-refractivity contribution in [3.63, 3.8) is 0 Å². The molecule has 4 nitrogen and oxygen atoms in total. The summed E-state index contributed by atoms with van der Waals surface area (Å²) in [5, 5.41) is 6.29. The second kappa shape index (κ2) is 9.26. The molecule has 2 aromatic carbocycles. The molecular weight excluding hydrogens is 336 g/mol. The molecule has 0 atom stereocenters. The summed E-state index contributed by atoms with van der Waals surface area (Å²) in [5.74, 6) is 0.571. The Balaban J connectivity index is 0.00000126. The van der Waals surface area contributed by atoms with Gasteiger partial charge in [-0.25, -0.2) is 0 Å². The van der Waals surface area contributed by atoms with Crippen LogP contribution in [-0.2, 0) is 16.8 Å². The van der Waals surface area contributed by atoms with Gasteiger partial charge in [-0.05, 0) is 36.5 Å². The minimum atomic E-state index is -0.245. The maximum Gasteiger partial charge on any atom is 0.267 e. The minimum Gasteiger partial charge on any atom is -0.497 e. The van der Waals surface area contributed by atoms with Gasteiger partial charge in [0, 0.05) is 11.8 Å². The van der Waals surface area contributed by atoms with E-state index in [1.807, 2.05) is 50.2 Å².